The van der Waals surface area contributed by atoms with Gasteiger partial charge >= 0.3 is 11.9 Å². The van der Waals surface area contributed by atoms with Gasteiger partial charge in [-0.3, -0.25) is 9.59 Å². The molecular weight excluding hydrogens is 386 g/mol. The Morgan fingerprint density at radius 3 is 2.27 bits per heavy atom. The van der Waals surface area contributed by atoms with Crippen LogP contribution in [0.25, 0.3) is 0 Å². The minimum absolute atomic E-state index is 0.173. The summed E-state index contributed by atoms with van der Waals surface area (Å²) in [7, 11) is 0. The molecule has 0 bridgehead atoms. The molecule has 7 nitrogen and oxygen atoms in total. The van der Waals surface area contributed by atoms with Crippen LogP contribution in [0.4, 0.5) is 0 Å². The lowest BCUT2D eigenvalue weighted by Gasteiger charge is -2.32. The zero-order chi connectivity index (χ0) is 22.1. The second-order valence-electron chi connectivity index (χ2n) is 7.95. The van der Waals surface area contributed by atoms with E-state index in [2.05, 4.69) is 13.8 Å². The number of esters is 2. The summed E-state index contributed by atoms with van der Waals surface area (Å²) < 4.78 is 16.0. The van der Waals surface area contributed by atoms with Crippen LogP contribution in [0, 0.1) is 11.8 Å². The highest BCUT2D eigenvalue weighted by Crippen LogP contribution is 2.20. The van der Waals surface area contributed by atoms with Gasteiger partial charge in [0.05, 0.1) is 24.7 Å². The monoisotopic (exact) mass is 419 g/mol. The summed E-state index contributed by atoms with van der Waals surface area (Å²) in [5.74, 6) is 0.0779. The predicted molar refractivity (Wildman–Crippen MR) is 112 cm³/mol. The minimum Gasteiger partial charge on any atom is -0.494 e. The highest BCUT2D eigenvalue weighted by Gasteiger charge is 2.31. The van der Waals surface area contributed by atoms with Crippen molar-refractivity contribution in [2.45, 2.75) is 53.1 Å². The summed E-state index contributed by atoms with van der Waals surface area (Å²) in [6, 6.07) is 6.72. The van der Waals surface area contributed by atoms with Gasteiger partial charge in [-0.2, -0.15) is 0 Å². The molecule has 1 amide bonds. The van der Waals surface area contributed by atoms with E-state index in [-0.39, 0.29) is 17.8 Å². The van der Waals surface area contributed by atoms with Gasteiger partial charge in [-0.05, 0) is 63.3 Å². The zero-order valence-corrected chi connectivity index (χ0v) is 18.4. The molecule has 1 aromatic rings. The Morgan fingerprint density at radius 1 is 1.07 bits per heavy atom. The molecule has 1 saturated heterocycles. The average molecular weight is 420 g/mol. The van der Waals surface area contributed by atoms with Crippen LogP contribution in [0.2, 0.25) is 0 Å². The van der Waals surface area contributed by atoms with E-state index in [1.807, 2.05) is 0 Å². The van der Waals surface area contributed by atoms with Crippen molar-refractivity contribution >= 4 is 17.8 Å². The molecule has 1 aliphatic rings. The molecule has 1 atom stereocenters. The van der Waals surface area contributed by atoms with Crippen LogP contribution in [-0.4, -0.2) is 55.2 Å². The van der Waals surface area contributed by atoms with Gasteiger partial charge in [0, 0.05) is 13.1 Å². The molecule has 1 unspecified atom stereocenters. The number of carbonyl (C=O) groups excluding carboxylic acids is 3. The second kappa shape index (κ2) is 11.6. The van der Waals surface area contributed by atoms with Crippen LogP contribution in [0.3, 0.4) is 0 Å². The van der Waals surface area contributed by atoms with Gasteiger partial charge in [-0.15, -0.1) is 0 Å². The first-order valence-electron chi connectivity index (χ1n) is 10.7. The zero-order valence-electron chi connectivity index (χ0n) is 18.4. The number of amides is 1. The number of benzene rings is 1. The largest absolute Gasteiger partial charge is 0.494 e. The topological polar surface area (TPSA) is 82.1 Å². The van der Waals surface area contributed by atoms with Crippen molar-refractivity contribution in [1.29, 1.82) is 0 Å². The molecule has 2 rings (SSSR count). The summed E-state index contributed by atoms with van der Waals surface area (Å²) in [6.07, 6.45) is 1.19. The number of nitrogens with zero attached hydrogens (tertiary/aromatic N) is 1. The van der Waals surface area contributed by atoms with Gasteiger partial charge < -0.3 is 19.1 Å². The van der Waals surface area contributed by atoms with E-state index in [9.17, 15) is 14.4 Å². The van der Waals surface area contributed by atoms with Gasteiger partial charge in [0.1, 0.15) is 5.75 Å². The Morgan fingerprint density at radius 2 is 1.70 bits per heavy atom. The summed E-state index contributed by atoms with van der Waals surface area (Å²) >= 11 is 0. The molecular formula is C23H33NO6. The molecule has 0 saturated carbocycles. The maximum atomic E-state index is 12.6. The lowest BCUT2D eigenvalue weighted by atomic mass is 9.97. The van der Waals surface area contributed by atoms with Crippen molar-refractivity contribution in [2.75, 3.05) is 26.3 Å². The molecule has 166 valence electrons. The fourth-order valence-electron chi connectivity index (χ4n) is 3.23. The number of hydrogen-bond acceptors (Lipinski definition) is 6. The fourth-order valence-corrected chi connectivity index (χ4v) is 3.23. The number of ether oxygens (including phenoxy) is 3. The first-order valence-corrected chi connectivity index (χ1v) is 10.7. The van der Waals surface area contributed by atoms with Crippen molar-refractivity contribution in [3.05, 3.63) is 29.8 Å². The lowest BCUT2D eigenvalue weighted by Crippen LogP contribution is -2.45. The maximum Gasteiger partial charge on any atom is 0.338 e. The van der Waals surface area contributed by atoms with Gasteiger partial charge in [-0.1, -0.05) is 13.8 Å². The van der Waals surface area contributed by atoms with Gasteiger partial charge in [0.25, 0.3) is 5.91 Å². The molecule has 1 aromatic carbocycles. The maximum absolute atomic E-state index is 12.6. The molecule has 0 aromatic heterocycles. The molecule has 30 heavy (non-hydrogen) atoms. The van der Waals surface area contributed by atoms with E-state index in [4.69, 9.17) is 14.2 Å². The standard InChI is InChI=1S/C23H33NO6/c1-5-28-22(26)19-10-13-24(14-11-19)21(25)17(4)30-23(27)18-6-8-20(9-7-18)29-15-12-16(2)3/h6-9,16-17,19H,5,10-15H2,1-4H3. The van der Waals surface area contributed by atoms with E-state index in [0.29, 0.717) is 56.4 Å². The number of carbonyl (C=O) groups is 3. The minimum atomic E-state index is -0.890. The van der Waals surface area contributed by atoms with E-state index in [0.717, 1.165) is 6.42 Å². The Balaban J connectivity index is 1.81. The molecule has 0 spiro atoms. The van der Waals surface area contributed by atoms with E-state index >= 15 is 0 Å². The molecule has 0 aliphatic carbocycles. The molecule has 0 radical (unpaired) electrons. The Kier molecular flexibility index (Phi) is 9.15. The van der Waals surface area contributed by atoms with E-state index < -0.39 is 12.1 Å². The quantitative estimate of drug-likeness (QED) is 0.570. The van der Waals surface area contributed by atoms with Crippen LogP contribution in [0.15, 0.2) is 24.3 Å². The van der Waals surface area contributed by atoms with Crippen molar-refractivity contribution in [3.63, 3.8) is 0 Å². The highest BCUT2D eigenvalue weighted by atomic mass is 16.5. The summed E-state index contributed by atoms with van der Waals surface area (Å²) in [6.45, 7) is 9.50. The molecule has 1 heterocycles. The van der Waals surface area contributed by atoms with Crippen LogP contribution in [0.5, 0.6) is 5.75 Å². The smallest absolute Gasteiger partial charge is 0.338 e. The normalized spacial score (nSPS) is 15.6. The summed E-state index contributed by atoms with van der Waals surface area (Å²) in [5.41, 5.74) is 0.367. The third-order valence-corrected chi connectivity index (χ3v) is 5.11. The summed E-state index contributed by atoms with van der Waals surface area (Å²) in [5, 5.41) is 0. The van der Waals surface area contributed by atoms with Gasteiger partial charge in [-0.25, -0.2) is 4.79 Å². The van der Waals surface area contributed by atoms with E-state index in [1.54, 1.807) is 43.0 Å². The number of likely N-dealkylation sites (tertiary alicyclic amines) is 1. The third kappa shape index (κ3) is 7.04. The number of hydrogen-bond donors (Lipinski definition) is 0. The average Bonchev–Trinajstić information content (AvgIpc) is 2.73. The van der Waals surface area contributed by atoms with Gasteiger partial charge in [0.2, 0.25) is 0 Å². The van der Waals surface area contributed by atoms with Crippen molar-refractivity contribution in [3.8, 4) is 5.75 Å². The molecule has 0 N–H and O–H groups in total. The van der Waals surface area contributed by atoms with Crippen molar-refractivity contribution < 1.29 is 28.6 Å². The second-order valence-corrected chi connectivity index (χ2v) is 7.95. The molecule has 7 heteroatoms. The van der Waals surface area contributed by atoms with Gasteiger partial charge in [0.15, 0.2) is 6.10 Å². The van der Waals surface area contributed by atoms with Crippen LogP contribution < -0.4 is 4.74 Å². The summed E-state index contributed by atoms with van der Waals surface area (Å²) in [4.78, 5) is 38.4. The fraction of sp³-hybridized carbons (Fsp3) is 0.609. The van der Waals surface area contributed by atoms with Crippen molar-refractivity contribution in [2.24, 2.45) is 11.8 Å². The Bertz CT molecular complexity index is 707. The Labute approximate surface area is 178 Å². The molecule has 1 fully saturated rings. The van der Waals surface area contributed by atoms with E-state index in [1.165, 1.54) is 0 Å². The van der Waals surface area contributed by atoms with Crippen molar-refractivity contribution in [1.82, 2.24) is 4.90 Å². The first kappa shape index (κ1) is 23.7. The predicted octanol–water partition coefficient (Wildman–Crippen LogP) is 3.46. The highest BCUT2D eigenvalue weighted by molar-refractivity contribution is 5.92. The SMILES string of the molecule is CCOC(=O)C1CCN(C(=O)C(C)OC(=O)c2ccc(OCCC(C)C)cc2)CC1. The first-order chi connectivity index (χ1) is 14.3. The number of rotatable bonds is 9. The third-order valence-electron chi connectivity index (χ3n) is 5.11. The van der Waals surface area contributed by atoms with Crippen LogP contribution in [-0.2, 0) is 19.1 Å². The molecule has 1 aliphatic heterocycles. The van der Waals surface area contributed by atoms with Crippen LogP contribution >= 0.6 is 0 Å². The Hall–Kier alpha value is -2.57. The number of piperidine rings is 1. The van der Waals surface area contributed by atoms with Crippen LogP contribution in [0.1, 0.15) is 57.3 Å². The lowest BCUT2D eigenvalue weighted by molar-refractivity contribution is -0.152.